The first-order valence-electron chi connectivity index (χ1n) is 7.58. The number of rotatable bonds is 0. The summed E-state index contributed by atoms with van der Waals surface area (Å²) < 4.78 is 13.2. The summed E-state index contributed by atoms with van der Waals surface area (Å²) in [6.45, 7) is 14.0. The molecule has 116 valence electrons. The van der Waals surface area contributed by atoms with Gasteiger partial charge in [-0.3, -0.25) is 0 Å². The Kier molecular flexibility index (Phi) is 12.4. The molecule has 4 heteroatoms. The average molecular weight is 300 g/mol. The standard InChI is InChI=1S/C10H11FN2S.3C2H6/c1-5-2-6(11)3-8-9(5)7(4-12)10(13)14-8;3*1-2/h5-6H,2-3,13H2,1H3;3*1-2H3. The molecule has 0 amide bonds. The van der Waals surface area contributed by atoms with Crippen molar-refractivity contribution in [3.8, 4) is 6.07 Å². The van der Waals surface area contributed by atoms with Gasteiger partial charge in [-0.15, -0.1) is 11.3 Å². The van der Waals surface area contributed by atoms with E-state index in [1.54, 1.807) is 0 Å². The Morgan fingerprint density at radius 2 is 1.70 bits per heavy atom. The average Bonchev–Trinajstić information content (AvgIpc) is 2.80. The molecule has 0 aliphatic heterocycles. The Morgan fingerprint density at radius 3 is 2.15 bits per heavy atom. The predicted octanol–water partition coefficient (Wildman–Crippen LogP) is 5.67. The van der Waals surface area contributed by atoms with Gasteiger partial charge in [-0.2, -0.15) is 5.26 Å². The molecular weight excluding hydrogens is 271 g/mol. The molecule has 2 nitrogen and oxygen atoms in total. The topological polar surface area (TPSA) is 49.8 Å². The highest BCUT2D eigenvalue weighted by Crippen LogP contribution is 2.42. The number of anilines is 1. The van der Waals surface area contributed by atoms with Gasteiger partial charge in [0.2, 0.25) is 0 Å². The molecule has 2 atom stereocenters. The number of hydrogen-bond acceptors (Lipinski definition) is 3. The van der Waals surface area contributed by atoms with Gasteiger partial charge in [-0.25, -0.2) is 4.39 Å². The fraction of sp³-hybridized carbons (Fsp3) is 0.688. The number of nitriles is 1. The van der Waals surface area contributed by atoms with Crippen LogP contribution in [0.3, 0.4) is 0 Å². The van der Waals surface area contributed by atoms with E-state index in [1.165, 1.54) is 11.3 Å². The van der Waals surface area contributed by atoms with E-state index in [0.717, 1.165) is 10.4 Å². The Hall–Kier alpha value is -1.08. The number of alkyl halides is 1. The molecule has 0 spiro atoms. The molecule has 0 bridgehead atoms. The van der Waals surface area contributed by atoms with E-state index in [2.05, 4.69) is 6.07 Å². The summed E-state index contributed by atoms with van der Waals surface area (Å²) in [5.41, 5.74) is 7.28. The van der Waals surface area contributed by atoms with Crippen molar-refractivity contribution in [2.24, 2.45) is 0 Å². The summed E-state index contributed by atoms with van der Waals surface area (Å²) in [5, 5.41) is 9.47. The molecule has 0 saturated carbocycles. The van der Waals surface area contributed by atoms with Gasteiger partial charge in [0.15, 0.2) is 0 Å². The molecule has 1 aliphatic carbocycles. The van der Waals surface area contributed by atoms with Crippen LogP contribution < -0.4 is 5.73 Å². The van der Waals surface area contributed by atoms with Gasteiger partial charge >= 0.3 is 0 Å². The van der Waals surface area contributed by atoms with Crippen LogP contribution in [0.5, 0.6) is 0 Å². The Morgan fingerprint density at radius 1 is 1.20 bits per heavy atom. The number of halogens is 1. The van der Waals surface area contributed by atoms with E-state index >= 15 is 0 Å². The van der Waals surface area contributed by atoms with Crippen LogP contribution in [0.15, 0.2) is 0 Å². The van der Waals surface area contributed by atoms with Crippen molar-refractivity contribution in [1.82, 2.24) is 0 Å². The van der Waals surface area contributed by atoms with Gasteiger partial charge < -0.3 is 5.73 Å². The zero-order valence-electron chi connectivity index (χ0n) is 13.9. The highest BCUT2D eigenvalue weighted by molar-refractivity contribution is 7.16. The van der Waals surface area contributed by atoms with Crippen LogP contribution in [-0.4, -0.2) is 6.17 Å². The summed E-state index contributed by atoms with van der Waals surface area (Å²) in [6.07, 6.45) is 0.163. The SMILES string of the molecule is CC.CC.CC.CC1CC(F)Cc2sc(N)c(C#N)c21. The molecule has 2 rings (SSSR count). The molecule has 1 heterocycles. The van der Waals surface area contributed by atoms with E-state index in [1.807, 2.05) is 48.5 Å². The van der Waals surface area contributed by atoms with Crippen molar-refractivity contribution in [2.75, 3.05) is 5.73 Å². The summed E-state index contributed by atoms with van der Waals surface area (Å²) in [4.78, 5) is 0.963. The second-order valence-electron chi connectivity index (χ2n) is 3.73. The maximum atomic E-state index is 13.2. The van der Waals surface area contributed by atoms with Crippen LogP contribution in [0.2, 0.25) is 0 Å². The molecule has 20 heavy (non-hydrogen) atoms. The second-order valence-corrected chi connectivity index (χ2v) is 4.86. The first-order valence-corrected chi connectivity index (χ1v) is 8.40. The van der Waals surface area contributed by atoms with Gasteiger partial charge in [-0.05, 0) is 17.9 Å². The molecule has 2 N–H and O–H groups in total. The van der Waals surface area contributed by atoms with Crippen molar-refractivity contribution < 1.29 is 4.39 Å². The minimum atomic E-state index is -0.776. The van der Waals surface area contributed by atoms with Gasteiger partial charge in [0.1, 0.15) is 17.2 Å². The number of fused-ring (bicyclic) bond motifs is 1. The van der Waals surface area contributed by atoms with Crippen LogP contribution >= 0.6 is 11.3 Å². The molecule has 0 saturated heterocycles. The molecule has 0 aromatic carbocycles. The maximum absolute atomic E-state index is 13.2. The number of nitrogen functional groups attached to an aromatic ring is 1. The summed E-state index contributed by atoms with van der Waals surface area (Å²) in [7, 11) is 0. The predicted molar refractivity (Wildman–Crippen MR) is 89.1 cm³/mol. The summed E-state index contributed by atoms with van der Waals surface area (Å²) >= 11 is 1.36. The number of nitrogens with zero attached hydrogens (tertiary/aromatic N) is 1. The van der Waals surface area contributed by atoms with E-state index in [-0.39, 0.29) is 5.92 Å². The molecule has 2 unspecified atom stereocenters. The Balaban J connectivity index is 0. The van der Waals surface area contributed by atoms with Crippen molar-refractivity contribution >= 4 is 16.3 Å². The van der Waals surface area contributed by atoms with Crippen molar-refractivity contribution in [3.63, 3.8) is 0 Å². The minimum Gasteiger partial charge on any atom is -0.389 e. The van der Waals surface area contributed by atoms with Crippen LogP contribution in [0.1, 0.15) is 76.8 Å². The van der Waals surface area contributed by atoms with Crippen molar-refractivity contribution in [3.05, 3.63) is 16.0 Å². The molecule has 1 aromatic heterocycles. The third-order valence-electron chi connectivity index (χ3n) is 2.67. The summed E-state index contributed by atoms with van der Waals surface area (Å²) in [5.74, 6) is 0.122. The number of thiophene rings is 1. The highest BCUT2D eigenvalue weighted by atomic mass is 32.1. The first kappa shape index (κ1) is 21.2. The van der Waals surface area contributed by atoms with Gasteiger partial charge in [-0.1, -0.05) is 48.5 Å². The summed E-state index contributed by atoms with van der Waals surface area (Å²) in [6, 6.07) is 2.11. The third-order valence-corrected chi connectivity index (χ3v) is 3.73. The quantitative estimate of drug-likeness (QED) is 0.671. The zero-order valence-corrected chi connectivity index (χ0v) is 14.7. The molecule has 1 aromatic rings. The number of hydrogen-bond donors (Lipinski definition) is 1. The monoisotopic (exact) mass is 300 g/mol. The van der Waals surface area contributed by atoms with Gasteiger partial charge in [0.25, 0.3) is 0 Å². The smallest absolute Gasteiger partial charge is 0.106 e. The van der Waals surface area contributed by atoms with E-state index in [4.69, 9.17) is 11.0 Å². The van der Waals surface area contributed by atoms with E-state index < -0.39 is 6.17 Å². The fourth-order valence-electron chi connectivity index (χ4n) is 2.09. The van der Waals surface area contributed by atoms with E-state index in [9.17, 15) is 4.39 Å². The van der Waals surface area contributed by atoms with Gasteiger partial charge in [0, 0.05) is 11.3 Å². The van der Waals surface area contributed by atoms with E-state index in [0.29, 0.717) is 23.4 Å². The van der Waals surface area contributed by atoms with Crippen LogP contribution in [0.4, 0.5) is 9.39 Å². The second kappa shape index (κ2) is 11.7. The third kappa shape index (κ3) is 5.13. The van der Waals surface area contributed by atoms with Crippen LogP contribution in [0.25, 0.3) is 0 Å². The highest BCUT2D eigenvalue weighted by Gasteiger charge is 2.29. The minimum absolute atomic E-state index is 0.122. The zero-order chi connectivity index (χ0) is 16.3. The maximum Gasteiger partial charge on any atom is 0.106 e. The van der Waals surface area contributed by atoms with Crippen molar-refractivity contribution in [2.45, 2.75) is 73.4 Å². The lowest BCUT2D eigenvalue weighted by Gasteiger charge is -2.21. The Bertz CT molecular complexity index is 407. The fourth-order valence-corrected chi connectivity index (χ4v) is 3.29. The molecular formula is C16H29FN2S. The lowest BCUT2D eigenvalue weighted by atomic mass is 9.86. The molecule has 1 aliphatic rings. The molecule has 0 radical (unpaired) electrons. The van der Waals surface area contributed by atoms with Crippen LogP contribution in [-0.2, 0) is 6.42 Å². The van der Waals surface area contributed by atoms with Crippen LogP contribution in [0, 0.1) is 11.3 Å². The lowest BCUT2D eigenvalue weighted by molar-refractivity contribution is 0.285. The lowest BCUT2D eigenvalue weighted by Crippen LogP contribution is -2.16. The number of nitrogens with two attached hydrogens (primary N) is 1. The first-order chi connectivity index (χ1) is 9.63. The van der Waals surface area contributed by atoms with Crippen molar-refractivity contribution in [1.29, 1.82) is 5.26 Å². The molecule has 0 fully saturated rings. The normalized spacial score (nSPS) is 18.8. The largest absolute Gasteiger partial charge is 0.389 e. The Labute approximate surface area is 127 Å². The van der Waals surface area contributed by atoms with Gasteiger partial charge in [0.05, 0.1) is 5.56 Å².